The zero-order valence-corrected chi connectivity index (χ0v) is 14.9. The molecule has 1 radical (unpaired) electrons. The second-order valence-electron chi connectivity index (χ2n) is 3.88. The molecule has 2 rings (SSSR count). The Balaban J connectivity index is 0.00000180. The van der Waals surface area contributed by atoms with Crippen LogP contribution in [0.4, 0.5) is 8.78 Å². The molecule has 0 aliphatic carbocycles. The van der Waals surface area contributed by atoms with Crippen LogP contribution < -0.4 is 0 Å². The summed E-state index contributed by atoms with van der Waals surface area (Å²) >= 11 is 1.96. The van der Waals surface area contributed by atoms with Gasteiger partial charge in [0.25, 0.3) is 0 Å². The largest absolute Gasteiger partial charge is 0.508 e. The number of nitrogens with zero attached hydrogens (tertiary/aromatic N) is 1. The van der Waals surface area contributed by atoms with E-state index < -0.39 is 17.4 Å². The van der Waals surface area contributed by atoms with Crippen LogP contribution in [-0.4, -0.2) is 26.9 Å². The molecule has 0 spiro atoms. The smallest absolute Gasteiger partial charge is 0.235 e. The van der Waals surface area contributed by atoms with Crippen LogP contribution in [0.3, 0.4) is 0 Å². The number of allylic oxidation sites excluding steroid dienone is 1. The SMILES string of the molecule is CN1C(=O)C(I)C[C-]=C1c1c(F)cc(O)cc1F.[Y]. The summed E-state index contributed by atoms with van der Waals surface area (Å²) in [5, 5.41) is 9.09. The number of carbonyl (C=O) groups is 1. The Bertz CT molecular complexity index is 528. The minimum absolute atomic E-state index is 0. The molecule has 1 unspecified atom stereocenters. The topological polar surface area (TPSA) is 40.5 Å². The number of rotatable bonds is 1. The number of aromatic hydroxyl groups is 1. The van der Waals surface area contributed by atoms with Crippen LogP contribution >= 0.6 is 22.6 Å². The molecule has 1 N–H and O–H groups in total. The molecule has 19 heavy (non-hydrogen) atoms. The number of benzene rings is 1. The van der Waals surface area contributed by atoms with E-state index in [9.17, 15) is 13.6 Å². The second kappa shape index (κ2) is 6.58. The van der Waals surface area contributed by atoms with E-state index in [1.54, 1.807) is 0 Å². The Labute approximate surface area is 148 Å². The van der Waals surface area contributed by atoms with E-state index in [0.29, 0.717) is 6.42 Å². The molecule has 1 aromatic rings. The molecule has 0 fully saturated rings. The maximum absolute atomic E-state index is 13.7. The molecule has 0 saturated carbocycles. The van der Waals surface area contributed by atoms with E-state index in [1.807, 2.05) is 22.6 Å². The predicted octanol–water partition coefficient (Wildman–Crippen LogP) is 2.48. The average Bonchev–Trinajstić information content (AvgIpc) is 2.28. The zero-order valence-electron chi connectivity index (χ0n) is 9.95. The number of amides is 1. The molecule has 99 valence electrons. The van der Waals surface area contributed by atoms with Gasteiger partial charge in [-0.2, -0.15) is 0 Å². The molecule has 1 amide bonds. The molecule has 3 nitrogen and oxygen atoms in total. The maximum atomic E-state index is 13.7. The maximum Gasteiger partial charge on any atom is 0.235 e. The van der Waals surface area contributed by atoms with Gasteiger partial charge < -0.3 is 10.0 Å². The summed E-state index contributed by atoms with van der Waals surface area (Å²) in [6.07, 6.45) is 3.12. The molecule has 1 heterocycles. The third kappa shape index (κ3) is 3.33. The summed E-state index contributed by atoms with van der Waals surface area (Å²) in [5.41, 5.74) is -0.269. The first-order valence-corrected chi connectivity index (χ1v) is 6.37. The first-order valence-electron chi connectivity index (χ1n) is 5.12. The van der Waals surface area contributed by atoms with Crippen LogP contribution in [0.2, 0.25) is 0 Å². The quantitative estimate of drug-likeness (QED) is 0.404. The fourth-order valence-corrected chi connectivity index (χ4v) is 2.39. The average molecular weight is 453 g/mol. The normalized spacial score (nSPS) is 18.9. The summed E-state index contributed by atoms with van der Waals surface area (Å²) in [5.74, 6) is -2.55. The summed E-state index contributed by atoms with van der Waals surface area (Å²) in [6, 6.07) is 1.61. The Morgan fingerprint density at radius 1 is 1.42 bits per heavy atom. The van der Waals surface area contributed by atoms with Crippen LogP contribution in [0.15, 0.2) is 12.1 Å². The van der Waals surface area contributed by atoms with Crippen molar-refractivity contribution >= 4 is 34.2 Å². The summed E-state index contributed by atoms with van der Waals surface area (Å²) in [6.45, 7) is 0. The van der Waals surface area contributed by atoms with Gasteiger partial charge in [0.1, 0.15) is 5.75 Å². The van der Waals surface area contributed by atoms with Crippen LogP contribution in [0.1, 0.15) is 12.0 Å². The molecular formula is C12H9F2INO2Y-. The fourth-order valence-electron chi connectivity index (χ4n) is 1.75. The third-order valence-corrected chi connectivity index (χ3v) is 3.62. The van der Waals surface area contributed by atoms with Gasteiger partial charge in [0, 0.05) is 39.8 Å². The molecular weight excluding hydrogens is 444 g/mol. The number of alkyl halides is 1. The number of halogens is 3. The van der Waals surface area contributed by atoms with Crippen LogP contribution in [-0.2, 0) is 37.5 Å². The van der Waals surface area contributed by atoms with Crippen LogP contribution in [0.5, 0.6) is 5.75 Å². The van der Waals surface area contributed by atoms with Crippen molar-refractivity contribution in [3.05, 3.63) is 35.4 Å². The number of carbonyl (C=O) groups excluding carboxylic acids is 1. The first-order chi connectivity index (χ1) is 8.41. The van der Waals surface area contributed by atoms with Gasteiger partial charge in [-0.15, -0.1) is 5.70 Å². The van der Waals surface area contributed by atoms with Gasteiger partial charge in [0.15, 0.2) is 0 Å². The van der Waals surface area contributed by atoms with Gasteiger partial charge in [-0.05, 0) is 12.1 Å². The predicted molar refractivity (Wildman–Crippen MR) is 69.9 cm³/mol. The van der Waals surface area contributed by atoms with Crippen molar-refractivity contribution in [3.8, 4) is 5.75 Å². The molecule has 1 aromatic carbocycles. The number of phenolic OH excluding ortho intramolecular Hbond substituents is 1. The van der Waals surface area contributed by atoms with E-state index in [1.165, 1.54) is 11.9 Å². The Morgan fingerprint density at radius 2 is 1.95 bits per heavy atom. The van der Waals surface area contributed by atoms with Crippen molar-refractivity contribution < 1.29 is 51.4 Å². The minimum Gasteiger partial charge on any atom is -0.508 e. The van der Waals surface area contributed by atoms with E-state index in [0.717, 1.165) is 12.1 Å². The van der Waals surface area contributed by atoms with Crippen molar-refractivity contribution in [2.45, 2.75) is 10.3 Å². The molecule has 1 aliphatic heterocycles. The summed E-state index contributed by atoms with van der Waals surface area (Å²) in [4.78, 5) is 12.9. The van der Waals surface area contributed by atoms with E-state index in [-0.39, 0.29) is 53.8 Å². The summed E-state index contributed by atoms with van der Waals surface area (Å²) < 4.78 is 27.1. The van der Waals surface area contributed by atoms with Crippen molar-refractivity contribution in [1.29, 1.82) is 0 Å². The Hall–Kier alpha value is -0.0761. The molecule has 0 saturated heterocycles. The van der Waals surface area contributed by atoms with Crippen molar-refractivity contribution in [2.24, 2.45) is 0 Å². The molecule has 0 bridgehead atoms. The van der Waals surface area contributed by atoms with Crippen molar-refractivity contribution in [3.63, 3.8) is 0 Å². The van der Waals surface area contributed by atoms with E-state index in [4.69, 9.17) is 5.11 Å². The van der Waals surface area contributed by atoms with Gasteiger partial charge in [0.2, 0.25) is 5.91 Å². The van der Waals surface area contributed by atoms with Crippen molar-refractivity contribution in [2.75, 3.05) is 7.05 Å². The number of hydrogen-bond acceptors (Lipinski definition) is 2. The molecule has 0 aromatic heterocycles. The van der Waals surface area contributed by atoms with Gasteiger partial charge in [0.05, 0.1) is 15.6 Å². The monoisotopic (exact) mass is 453 g/mol. The van der Waals surface area contributed by atoms with Crippen LogP contribution in [0, 0.1) is 17.7 Å². The fraction of sp³-hybridized carbons (Fsp3) is 0.250. The van der Waals surface area contributed by atoms with E-state index in [2.05, 4.69) is 6.08 Å². The number of phenols is 1. The second-order valence-corrected chi connectivity index (χ2v) is 5.38. The van der Waals surface area contributed by atoms with Gasteiger partial charge >= 0.3 is 0 Å². The van der Waals surface area contributed by atoms with Crippen LogP contribution in [0.25, 0.3) is 5.70 Å². The van der Waals surface area contributed by atoms with Gasteiger partial charge in [-0.1, -0.05) is 34.6 Å². The molecule has 1 atom stereocenters. The Kier molecular flexibility index (Phi) is 5.88. The summed E-state index contributed by atoms with van der Waals surface area (Å²) in [7, 11) is 1.45. The van der Waals surface area contributed by atoms with Gasteiger partial charge in [-0.3, -0.25) is 4.79 Å². The van der Waals surface area contributed by atoms with E-state index >= 15 is 0 Å². The minimum atomic E-state index is -0.915. The standard InChI is InChI=1S/C12H9F2INO2.Y/c1-16-10(3-2-9(15)12(16)18)11-7(13)4-6(17)5-8(11)14;/h4-5,9,17H,2H2,1H3;/q-1;. The van der Waals surface area contributed by atoms with Crippen molar-refractivity contribution in [1.82, 2.24) is 4.90 Å². The third-order valence-electron chi connectivity index (χ3n) is 2.65. The molecule has 1 aliphatic rings. The Morgan fingerprint density at radius 3 is 2.47 bits per heavy atom. The molecule has 7 heteroatoms. The number of hydrogen-bond donors (Lipinski definition) is 1. The van der Waals surface area contributed by atoms with Gasteiger partial charge in [-0.25, -0.2) is 14.9 Å². The zero-order chi connectivity index (χ0) is 13.4. The first kappa shape index (κ1) is 17.0.